The highest BCUT2D eigenvalue weighted by Gasteiger charge is 2.15. The van der Waals surface area contributed by atoms with E-state index in [9.17, 15) is 8.42 Å². The molecule has 0 heterocycles. The maximum Gasteiger partial charge on any atom is 0.295 e. The molecule has 0 saturated carbocycles. The van der Waals surface area contributed by atoms with Gasteiger partial charge in [-0.2, -0.15) is 8.42 Å². The van der Waals surface area contributed by atoms with Crippen LogP contribution in [0.2, 0.25) is 0 Å². The van der Waals surface area contributed by atoms with Gasteiger partial charge in [-0.05, 0) is 24.6 Å². The van der Waals surface area contributed by atoms with Crippen molar-refractivity contribution in [1.29, 1.82) is 0 Å². The van der Waals surface area contributed by atoms with Gasteiger partial charge >= 0.3 is 0 Å². The Hall–Kier alpha value is -1.59. The Kier molecular flexibility index (Phi) is 2.36. The molecule has 0 saturated heterocycles. The molecule has 2 rings (SSSR count). The first-order valence-electron chi connectivity index (χ1n) is 4.66. The molecular formula is C11H11NO3S. The van der Waals surface area contributed by atoms with Crippen molar-refractivity contribution in [2.24, 2.45) is 0 Å². The summed E-state index contributed by atoms with van der Waals surface area (Å²) >= 11 is 0. The second kappa shape index (κ2) is 3.47. The Balaban J connectivity index is 3.04. The van der Waals surface area contributed by atoms with Crippen molar-refractivity contribution in [3.05, 3.63) is 35.9 Å². The molecular weight excluding hydrogens is 226 g/mol. The molecule has 0 amide bonds. The van der Waals surface area contributed by atoms with Crippen molar-refractivity contribution < 1.29 is 13.0 Å². The van der Waals surface area contributed by atoms with Crippen molar-refractivity contribution in [2.75, 3.05) is 5.73 Å². The lowest BCUT2D eigenvalue weighted by Crippen LogP contribution is -2.01. The van der Waals surface area contributed by atoms with E-state index in [1.165, 1.54) is 6.07 Å². The minimum atomic E-state index is -4.22. The summed E-state index contributed by atoms with van der Waals surface area (Å²) in [6, 6.07) is 8.09. The number of hydrogen-bond donors (Lipinski definition) is 2. The second-order valence-corrected chi connectivity index (χ2v) is 5.02. The van der Waals surface area contributed by atoms with E-state index >= 15 is 0 Å². The molecule has 0 aliphatic carbocycles. The van der Waals surface area contributed by atoms with E-state index in [0.29, 0.717) is 16.5 Å². The van der Waals surface area contributed by atoms with Gasteiger partial charge in [0.15, 0.2) is 0 Å². The second-order valence-electron chi connectivity index (χ2n) is 3.63. The maximum atomic E-state index is 11.2. The van der Waals surface area contributed by atoms with E-state index < -0.39 is 10.1 Å². The van der Waals surface area contributed by atoms with E-state index in [-0.39, 0.29) is 4.90 Å². The SMILES string of the molecule is Cc1ccc(N)c2cccc(S(=O)(=O)O)c12. The third-order valence-corrected chi connectivity index (χ3v) is 3.42. The van der Waals surface area contributed by atoms with Crippen LogP contribution in [0, 0.1) is 6.92 Å². The zero-order chi connectivity index (χ0) is 11.9. The molecule has 16 heavy (non-hydrogen) atoms. The molecule has 0 atom stereocenters. The highest BCUT2D eigenvalue weighted by Crippen LogP contribution is 2.29. The number of nitrogen functional groups attached to an aromatic ring is 1. The van der Waals surface area contributed by atoms with Gasteiger partial charge in [-0.25, -0.2) is 0 Å². The van der Waals surface area contributed by atoms with Crippen molar-refractivity contribution in [3.8, 4) is 0 Å². The number of anilines is 1. The minimum absolute atomic E-state index is 0.102. The predicted octanol–water partition coefficient (Wildman–Crippen LogP) is 1.98. The van der Waals surface area contributed by atoms with Crippen LogP contribution in [0.4, 0.5) is 5.69 Å². The van der Waals surface area contributed by atoms with Gasteiger partial charge in [0, 0.05) is 16.5 Å². The van der Waals surface area contributed by atoms with Gasteiger partial charge in [-0.1, -0.05) is 18.2 Å². The third kappa shape index (κ3) is 1.64. The number of fused-ring (bicyclic) bond motifs is 1. The van der Waals surface area contributed by atoms with Gasteiger partial charge in [-0.15, -0.1) is 0 Å². The summed E-state index contributed by atoms with van der Waals surface area (Å²) in [6.45, 7) is 1.77. The first-order chi connectivity index (χ1) is 7.41. The molecule has 5 heteroatoms. The van der Waals surface area contributed by atoms with Crippen LogP contribution in [0.1, 0.15) is 5.56 Å². The predicted molar refractivity (Wildman–Crippen MR) is 62.9 cm³/mol. The van der Waals surface area contributed by atoms with Crippen molar-refractivity contribution in [3.63, 3.8) is 0 Å². The fourth-order valence-electron chi connectivity index (χ4n) is 1.78. The van der Waals surface area contributed by atoms with Crippen LogP contribution < -0.4 is 5.73 Å². The minimum Gasteiger partial charge on any atom is -0.398 e. The standard InChI is InChI=1S/C11H11NO3S/c1-7-5-6-9(12)8-3-2-4-10(11(7)8)16(13,14)15/h2-6H,12H2,1H3,(H,13,14,15). The Labute approximate surface area is 93.4 Å². The molecule has 4 nitrogen and oxygen atoms in total. The summed E-state index contributed by atoms with van der Waals surface area (Å²) < 4.78 is 31.6. The average Bonchev–Trinajstić information content (AvgIpc) is 2.22. The molecule has 84 valence electrons. The highest BCUT2D eigenvalue weighted by molar-refractivity contribution is 7.86. The van der Waals surface area contributed by atoms with Crippen LogP contribution >= 0.6 is 0 Å². The lowest BCUT2D eigenvalue weighted by atomic mass is 10.0. The van der Waals surface area contributed by atoms with Gasteiger partial charge in [0.1, 0.15) is 4.90 Å². The van der Waals surface area contributed by atoms with E-state index in [2.05, 4.69) is 0 Å². The monoisotopic (exact) mass is 237 g/mol. The zero-order valence-electron chi connectivity index (χ0n) is 8.64. The van der Waals surface area contributed by atoms with Gasteiger partial charge in [0.25, 0.3) is 10.1 Å². The van der Waals surface area contributed by atoms with Crippen LogP contribution in [0.3, 0.4) is 0 Å². The number of benzene rings is 2. The number of aryl methyl sites for hydroxylation is 1. The number of hydrogen-bond acceptors (Lipinski definition) is 3. The first-order valence-corrected chi connectivity index (χ1v) is 6.10. The third-order valence-electron chi connectivity index (χ3n) is 2.52. The normalized spacial score (nSPS) is 11.9. The molecule has 0 aliphatic rings. The van der Waals surface area contributed by atoms with E-state index in [4.69, 9.17) is 10.3 Å². The topological polar surface area (TPSA) is 80.4 Å². The number of nitrogens with two attached hydrogens (primary N) is 1. The Bertz CT molecular complexity index is 662. The van der Waals surface area contributed by atoms with Crippen LogP contribution in [0.5, 0.6) is 0 Å². The summed E-state index contributed by atoms with van der Waals surface area (Å²) in [6.07, 6.45) is 0. The molecule has 3 N–H and O–H groups in total. The molecule has 0 spiro atoms. The first kappa shape index (κ1) is 10.9. The van der Waals surface area contributed by atoms with Crippen LogP contribution in [0.15, 0.2) is 35.2 Å². The van der Waals surface area contributed by atoms with E-state index in [1.807, 2.05) is 0 Å². The largest absolute Gasteiger partial charge is 0.398 e. The molecule has 0 aromatic heterocycles. The van der Waals surface area contributed by atoms with Gasteiger partial charge in [-0.3, -0.25) is 4.55 Å². The van der Waals surface area contributed by atoms with Gasteiger partial charge in [0.2, 0.25) is 0 Å². The molecule has 2 aromatic carbocycles. The molecule has 0 radical (unpaired) electrons. The lowest BCUT2D eigenvalue weighted by Gasteiger charge is -2.08. The van der Waals surface area contributed by atoms with Gasteiger partial charge < -0.3 is 5.73 Å². The molecule has 0 bridgehead atoms. The fourth-order valence-corrected chi connectivity index (χ4v) is 2.56. The highest BCUT2D eigenvalue weighted by atomic mass is 32.2. The quantitative estimate of drug-likeness (QED) is 0.587. The van der Waals surface area contributed by atoms with Crippen LogP contribution in [0.25, 0.3) is 10.8 Å². The van der Waals surface area contributed by atoms with Crippen LogP contribution in [-0.4, -0.2) is 13.0 Å². The lowest BCUT2D eigenvalue weighted by molar-refractivity contribution is 0.484. The van der Waals surface area contributed by atoms with E-state index in [1.54, 1.807) is 31.2 Å². The summed E-state index contributed by atoms with van der Waals surface area (Å²) in [5.74, 6) is 0. The molecule has 0 fully saturated rings. The maximum absolute atomic E-state index is 11.2. The zero-order valence-corrected chi connectivity index (χ0v) is 9.45. The molecule has 0 aliphatic heterocycles. The summed E-state index contributed by atoms with van der Waals surface area (Å²) in [5, 5.41) is 1.11. The summed E-state index contributed by atoms with van der Waals surface area (Å²) in [4.78, 5) is -0.102. The van der Waals surface area contributed by atoms with Crippen LogP contribution in [-0.2, 0) is 10.1 Å². The van der Waals surface area contributed by atoms with Crippen molar-refractivity contribution in [1.82, 2.24) is 0 Å². The fraction of sp³-hybridized carbons (Fsp3) is 0.0909. The summed E-state index contributed by atoms with van der Waals surface area (Å²) in [7, 11) is -4.22. The average molecular weight is 237 g/mol. The van der Waals surface area contributed by atoms with Gasteiger partial charge in [0.05, 0.1) is 0 Å². The Morgan fingerprint density at radius 1 is 1.19 bits per heavy atom. The van der Waals surface area contributed by atoms with E-state index in [0.717, 1.165) is 5.56 Å². The smallest absolute Gasteiger partial charge is 0.295 e. The summed E-state index contributed by atoms with van der Waals surface area (Å²) in [5.41, 5.74) is 7.01. The molecule has 0 unspecified atom stereocenters. The molecule has 2 aromatic rings. The van der Waals surface area contributed by atoms with Crippen molar-refractivity contribution in [2.45, 2.75) is 11.8 Å². The Morgan fingerprint density at radius 3 is 2.50 bits per heavy atom. The number of rotatable bonds is 1. The van der Waals surface area contributed by atoms with Crippen molar-refractivity contribution >= 4 is 26.6 Å². The Morgan fingerprint density at radius 2 is 1.88 bits per heavy atom.